The second kappa shape index (κ2) is 15.0. The third kappa shape index (κ3) is 8.47. The molecule has 2 N–H and O–H groups in total. The summed E-state index contributed by atoms with van der Waals surface area (Å²) in [5, 5.41) is 12.0. The SMILES string of the molecule is O=C(NCCCO)C(Cc1ccccc1)N(Cc1ccc(F)cc1)C(=O)CCc1ccc(S(=O)(=O)N2CCCC2)cc1. The van der Waals surface area contributed by atoms with Gasteiger partial charge in [-0.1, -0.05) is 54.6 Å². The minimum atomic E-state index is -3.53. The molecule has 0 aliphatic carbocycles. The number of hydrogen-bond acceptors (Lipinski definition) is 5. The molecule has 3 aromatic rings. The average molecular weight is 596 g/mol. The molecule has 1 fully saturated rings. The number of carbonyl (C=O) groups excluding carboxylic acids is 2. The van der Waals surface area contributed by atoms with E-state index in [-0.39, 0.29) is 49.2 Å². The molecule has 1 heterocycles. The summed E-state index contributed by atoms with van der Waals surface area (Å²) in [4.78, 5) is 29.0. The predicted octanol–water partition coefficient (Wildman–Crippen LogP) is 3.68. The number of rotatable bonds is 14. The molecule has 1 aliphatic heterocycles. The molecule has 1 aliphatic rings. The monoisotopic (exact) mass is 595 g/mol. The Hall–Kier alpha value is -3.60. The summed E-state index contributed by atoms with van der Waals surface area (Å²) in [6, 6.07) is 21.0. The van der Waals surface area contributed by atoms with Crippen molar-refractivity contribution in [2.45, 2.75) is 56.0 Å². The van der Waals surface area contributed by atoms with E-state index in [0.717, 1.165) is 24.0 Å². The van der Waals surface area contributed by atoms with Gasteiger partial charge in [0.15, 0.2) is 0 Å². The molecule has 8 nitrogen and oxygen atoms in total. The van der Waals surface area contributed by atoms with Crippen molar-refractivity contribution >= 4 is 21.8 Å². The third-order valence-corrected chi connectivity index (χ3v) is 9.34. The largest absolute Gasteiger partial charge is 0.396 e. The van der Waals surface area contributed by atoms with Crippen LogP contribution in [-0.2, 0) is 39.0 Å². The zero-order chi connectivity index (χ0) is 30.0. The van der Waals surface area contributed by atoms with Crippen molar-refractivity contribution in [1.82, 2.24) is 14.5 Å². The predicted molar refractivity (Wildman–Crippen MR) is 158 cm³/mol. The third-order valence-electron chi connectivity index (χ3n) is 7.43. The van der Waals surface area contributed by atoms with Gasteiger partial charge in [0.05, 0.1) is 4.90 Å². The Kier molecular flexibility index (Phi) is 11.2. The van der Waals surface area contributed by atoms with Gasteiger partial charge in [-0.15, -0.1) is 0 Å². The van der Waals surface area contributed by atoms with Gasteiger partial charge in [0, 0.05) is 45.6 Å². The number of hydrogen-bond donors (Lipinski definition) is 2. The number of sulfonamides is 1. The van der Waals surface area contributed by atoms with Crippen molar-refractivity contribution in [2.75, 3.05) is 26.2 Å². The molecular weight excluding hydrogens is 557 g/mol. The molecule has 1 saturated heterocycles. The molecule has 1 atom stereocenters. The van der Waals surface area contributed by atoms with Crippen molar-refractivity contribution in [3.63, 3.8) is 0 Å². The highest BCUT2D eigenvalue weighted by atomic mass is 32.2. The molecule has 224 valence electrons. The van der Waals surface area contributed by atoms with E-state index >= 15 is 0 Å². The van der Waals surface area contributed by atoms with E-state index in [4.69, 9.17) is 0 Å². The lowest BCUT2D eigenvalue weighted by Crippen LogP contribution is -2.50. The van der Waals surface area contributed by atoms with E-state index in [2.05, 4.69) is 5.32 Å². The first kappa shape index (κ1) is 31.3. The molecule has 3 aromatic carbocycles. The van der Waals surface area contributed by atoms with E-state index < -0.39 is 21.9 Å². The van der Waals surface area contributed by atoms with Crippen LogP contribution >= 0.6 is 0 Å². The highest BCUT2D eigenvalue weighted by Gasteiger charge is 2.30. The number of aliphatic hydroxyl groups excluding tert-OH is 1. The smallest absolute Gasteiger partial charge is 0.243 e. The Balaban J connectivity index is 1.54. The molecule has 0 radical (unpaired) electrons. The summed E-state index contributed by atoms with van der Waals surface area (Å²) in [6.45, 7) is 1.36. The highest BCUT2D eigenvalue weighted by Crippen LogP contribution is 2.22. The van der Waals surface area contributed by atoms with Crippen molar-refractivity contribution in [2.24, 2.45) is 0 Å². The van der Waals surface area contributed by atoms with Crippen LogP contribution in [0.25, 0.3) is 0 Å². The Morgan fingerprint density at radius 1 is 0.905 bits per heavy atom. The van der Waals surface area contributed by atoms with Crippen LogP contribution in [0, 0.1) is 5.82 Å². The quantitative estimate of drug-likeness (QED) is 0.277. The molecule has 0 aromatic heterocycles. The fourth-order valence-corrected chi connectivity index (χ4v) is 6.57. The highest BCUT2D eigenvalue weighted by molar-refractivity contribution is 7.89. The number of aryl methyl sites for hydroxylation is 1. The first-order valence-corrected chi connectivity index (χ1v) is 15.8. The van der Waals surface area contributed by atoms with Gasteiger partial charge in [-0.05, 0) is 66.6 Å². The maximum absolute atomic E-state index is 13.8. The lowest BCUT2D eigenvalue weighted by atomic mass is 10.0. The summed E-state index contributed by atoms with van der Waals surface area (Å²) in [6.07, 6.45) is 2.83. The first-order valence-electron chi connectivity index (χ1n) is 14.3. The number of nitrogens with zero attached hydrogens (tertiary/aromatic N) is 2. The van der Waals surface area contributed by atoms with Gasteiger partial charge < -0.3 is 15.3 Å². The van der Waals surface area contributed by atoms with Crippen molar-refractivity contribution < 1.29 is 27.5 Å². The van der Waals surface area contributed by atoms with E-state index in [0.29, 0.717) is 31.5 Å². The minimum Gasteiger partial charge on any atom is -0.396 e. The summed E-state index contributed by atoms with van der Waals surface area (Å²) in [5.41, 5.74) is 2.37. The first-order chi connectivity index (χ1) is 20.3. The number of nitrogens with one attached hydrogen (secondary N) is 1. The number of halogens is 1. The Morgan fingerprint density at radius 3 is 2.19 bits per heavy atom. The molecule has 0 bridgehead atoms. The molecule has 42 heavy (non-hydrogen) atoms. The van der Waals surface area contributed by atoms with Crippen LogP contribution in [0.5, 0.6) is 0 Å². The van der Waals surface area contributed by atoms with Gasteiger partial charge in [0.2, 0.25) is 21.8 Å². The van der Waals surface area contributed by atoms with Crippen molar-refractivity contribution in [1.29, 1.82) is 0 Å². The van der Waals surface area contributed by atoms with Gasteiger partial charge in [-0.25, -0.2) is 12.8 Å². The average Bonchev–Trinajstić information content (AvgIpc) is 3.56. The summed E-state index contributed by atoms with van der Waals surface area (Å²) in [5.74, 6) is -0.986. The maximum Gasteiger partial charge on any atom is 0.243 e. The van der Waals surface area contributed by atoms with Crippen LogP contribution in [0.3, 0.4) is 0 Å². The summed E-state index contributed by atoms with van der Waals surface area (Å²) >= 11 is 0. The molecule has 0 spiro atoms. The maximum atomic E-state index is 13.8. The fourth-order valence-electron chi connectivity index (χ4n) is 5.05. The normalized spacial score (nSPS) is 14.4. The second-order valence-corrected chi connectivity index (χ2v) is 12.4. The number of carbonyl (C=O) groups is 2. The number of benzene rings is 3. The lowest BCUT2D eigenvalue weighted by Gasteiger charge is -2.31. The Bertz CT molecular complexity index is 1410. The lowest BCUT2D eigenvalue weighted by molar-refractivity contribution is -0.141. The summed E-state index contributed by atoms with van der Waals surface area (Å²) < 4.78 is 40.9. The molecule has 2 amide bonds. The van der Waals surface area contributed by atoms with Gasteiger partial charge in [0.25, 0.3) is 0 Å². The van der Waals surface area contributed by atoms with Crippen LogP contribution in [0.2, 0.25) is 0 Å². The zero-order valence-electron chi connectivity index (χ0n) is 23.6. The zero-order valence-corrected chi connectivity index (χ0v) is 24.4. The summed E-state index contributed by atoms with van der Waals surface area (Å²) in [7, 11) is -3.53. The van der Waals surface area contributed by atoms with Gasteiger partial charge in [-0.3, -0.25) is 9.59 Å². The van der Waals surface area contributed by atoms with Crippen LogP contribution < -0.4 is 5.32 Å². The van der Waals surface area contributed by atoms with Crippen LogP contribution in [0.1, 0.15) is 42.4 Å². The van der Waals surface area contributed by atoms with Crippen molar-refractivity contribution in [3.8, 4) is 0 Å². The fraction of sp³-hybridized carbons (Fsp3) is 0.375. The van der Waals surface area contributed by atoms with Gasteiger partial charge in [-0.2, -0.15) is 4.31 Å². The molecule has 4 rings (SSSR count). The topological polar surface area (TPSA) is 107 Å². The van der Waals surface area contributed by atoms with Gasteiger partial charge >= 0.3 is 0 Å². The Morgan fingerprint density at radius 2 is 1.55 bits per heavy atom. The number of aliphatic hydroxyl groups is 1. The molecule has 0 saturated carbocycles. The number of amides is 2. The van der Waals surface area contributed by atoms with E-state index in [1.807, 2.05) is 30.3 Å². The van der Waals surface area contributed by atoms with Crippen LogP contribution in [0.4, 0.5) is 4.39 Å². The van der Waals surface area contributed by atoms with E-state index in [1.165, 1.54) is 21.3 Å². The second-order valence-electron chi connectivity index (χ2n) is 10.5. The van der Waals surface area contributed by atoms with Crippen molar-refractivity contribution in [3.05, 3.63) is 101 Å². The van der Waals surface area contributed by atoms with E-state index in [1.54, 1.807) is 36.4 Å². The standard InChI is InChI=1S/C32H38FN3O5S/c33-28-14-9-27(10-15-28)24-36(30(32(39)34-19-6-22-37)23-26-7-2-1-3-8-26)31(38)18-13-25-11-16-29(17-12-25)42(40,41)35-20-4-5-21-35/h1-3,7-12,14-17,30,37H,4-6,13,18-24H2,(H,34,39). The Labute approximate surface area is 247 Å². The molecular formula is C32H38FN3O5S. The van der Waals surface area contributed by atoms with Gasteiger partial charge in [0.1, 0.15) is 11.9 Å². The minimum absolute atomic E-state index is 0.0695. The van der Waals surface area contributed by atoms with Crippen LogP contribution in [-0.4, -0.2) is 66.8 Å². The van der Waals surface area contributed by atoms with Crippen LogP contribution in [0.15, 0.2) is 83.8 Å². The van der Waals surface area contributed by atoms with E-state index in [9.17, 15) is 27.5 Å². The molecule has 10 heteroatoms. The molecule has 1 unspecified atom stereocenters.